The van der Waals surface area contributed by atoms with Crippen molar-refractivity contribution in [3.8, 4) is 0 Å². The molecule has 0 aliphatic carbocycles. The first-order valence-electron chi connectivity index (χ1n) is 10.3. The minimum atomic E-state index is -1.04. The molecular weight excluding hydrogens is 396 g/mol. The Balaban J connectivity index is 1.57. The van der Waals surface area contributed by atoms with Crippen LogP contribution in [0.25, 0.3) is 0 Å². The van der Waals surface area contributed by atoms with Crippen LogP contribution in [-0.4, -0.2) is 36.2 Å². The van der Waals surface area contributed by atoms with Crippen molar-refractivity contribution in [3.05, 3.63) is 59.7 Å². The largest absolute Gasteiger partial charge is 0.452 e. The fraction of sp³-hybridized carbons (Fsp3) is 0.333. The molecule has 162 valence electrons. The van der Waals surface area contributed by atoms with Crippen molar-refractivity contribution in [2.24, 2.45) is 5.92 Å². The van der Waals surface area contributed by atoms with Crippen molar-refractivity contribution < 1.29 is 23.9 Å². The molecule has 2 atom stereocenters. The molecule has 7 heteroatoms. The molecule has 0 aromatic heterocycles. The lowest BCUT2D eigenvalue weighted by molar-refractivity contribution is -0.157. The summed E-state index contributed by atoms with van der Waals surface area (Å²) in [6.07, 6.45) is -0.0904. The molecule has 0 saturated carbocycles. The molecule has 2 aromatic carbocycles. The summed E-state index contributed by atoms with van der Waals surface area (Å²) in [4.78, 5) is 50.4. The predicted molar refractivity (Wildman–Crippen MR) is 117 cm³/mol. The van der Waals surface area contributed by atoms with Crippen LogP contribution in [0.3, 0.4) is 0 Å². The maximum Gasteiger partial charge on any atom is 0.312 e. The van der Waals surface area contributed by atoms with E-state index in [-0.39, 0.29) is 24.7 Å². The fourth-order valence-electron chi connectivity index (χ4n) is 3.41. The number of esters is 1. The quantitative estimate of drug-likeness (QED) is 0.545. The number of benzene rings is 2. The molecule has 2 aromatic rings. The Morgan fingerprint density at radius 1 is 1.16 bits per heavy atom. The number of amides is 2. The summed E-state index contributed by atoms with van der Waals surface area (Å²) < 4.78 is 5.32. The van der Waals surface area contributed by atoms with Crippen LogP contribution in [0.5, 0.6) is 0 Å². The van der Waals surface area contributed by atoms with Gasteiger partial charge in [-0.1, -0.05) is 31.2 Å². The van der Waals surface area contributed by atoms with E-state index in [0.29, 0.717) is 11.3 Å². The number of hydrogen-bond donors (Lipinski definition) is 1. The lowest BCUT2D eigenvalue weighted by Gasteiger charge is -2.18. The van der Waals surface area contributed by atoms with Gasteiger partial charge < -0.3 is 15.0 Å². The van der Waals surface area contributed by atoms with Gasteiger partial charge >= 0.3 is 5.97 Å². The first kappa shape index (κ1) is 22.2. The molecule has 0 radical (unpaired) electrons. The van der Waals surface area contributed by atoms with Crippen LogP contribution in [0.4, 0.5) is 11.4 Å². The smallest absolute Gasteiger partial charge is 0.312 e. The molecule has 1 aliphatic heterocycles. The number of nitrogens with zero attached hydrogens (tertiary/aromatic N) is 1. The van der Waals surface area contributed by atoms with E-state index in [9.17, 15) is 19.2 Å². The number of carbonyl (C=O) groups excluding carboxylic acids is 4. The van der Waals surface area contributed by atoms with Crippen molar-refractivity contribution in [1.82, 2.24) is 0 Å². The third-order valence-electron chi connectivity index (χ3n) is 5.31. The van der Waals surface area contributed by atoms with Crippen molar-refractivity contribution in [1.29, 1.82) is 0 Å². The average molecular weight is 422 g/mol. The lowest BCUT2D eigenvalue weighted by atomic mass is 10.1. The maximum absolute atomic E-state index is 12.6. The second-order valence-electron chi connectivity index (χ2n) is 7.63. The monoisotopic (exact) mass is 422 g/mol. The zero-order chi connectivity index (χ0) is 22.5. The normalized spacial score (nSPS) is 16.7. The number of anilines is 2. The summed E-state index contributed by atoms with van der Waals surface area (Å²) in [7, 11) is 0. The Bertz CT molecular complexity index is 999. The molecule has 3 rings (SSSR count). The van der Waals surface area contributed by atoms with E-state index < -0.39 is 23.9 Å². The summed E-state index contributed by atoms with van der Waals surface area (Å²) >= 11 is 0. The van der Waals surface area contributed by atoms with E-state index in [2.05, 4.69) is 12.2 Å². The van der Waals surface area contributed by atoms with Crippen molar-refractivity contribution >= 4 is 34.9 Å². The van der Waals surface area contributed by atoms with E-state index in [1.807, 2.05) is 24.3 Å². The first-order chi connectivity index (χ1) is 14.8. The van der Waals surface area contributed by atoms with Gasteiger partial charge in [-0.15, -0.1) is 0 Å². The van der Waals surface area contributed by atoms with Gasteiger partial charge in [0.15, 0.2) is 11.9 Å². The summed E-state index contributed by atoms with van der Waals surface area (Å²) in [6.45, 7) is 5.19. The topological polar surface area (TPSA) is 92.8 Å². The Kier molecular flexibility index (Phi) is 6.84. The predicted octanol–water partition coefficient (Wildman–Crippen LogP) is 3.37. The molecule has 2 amide bonds. The highest BCUT2D eigenvalue weighted by Crippen LogP contribution is 2.26. The van der Waals surface area contributed by atoms with E-state index in [0.717, 1.165) is 12.1 Å². The van der Waals surface area contributed by atoms with Crippen molar-refractivity contribution in [2.75, 3.05) is 16.8 Å². The van der Waals surface area contributed by atoms with E-state index in [1.165, 1.54) is 19.4 Å². The summed E-state index contributed by atoms with van der Waals surface area (Å²) in [5.41, 5.74) is 2.82. The molecule has 1 heterocycles. The number of hydrogen-bond acceptors (Lipinski definition) is 5. The molecule has 0 bridgehead atoms. The fourth-order valence-corrected chi connectivity index (χ4v) is 3.41. The highest BCUT2D eigenvalue weighted by Gasteiger charge is 2.37. The number of aryl methyl sites for hydroxylation is 1. The Morgan fingerprint density at radius 3 is 2.52 bits per heavy atom. The molecular formula is C24H26N2O5. The molecule has 0 unspecified atom stereocenters. The van der Waals surface area contributed by atoms with Gasteiger partial charge in [0.05, 0.1) is 5.92 Å². The Labute approximate surface area is 181 Å². The Morgan fingerprint density at radius 2 is 1.87 bits per heavy atom. The van der Waals surface area contributed by atoms with Gasteiger partial charge in [-0.05, 0) is 50.1 Å². The Hall–Kier alpha value is -3.48. The van der Waals surface area contributed by atoms with E-state index >= 15 is 0 Å². The highest BCUT2D eigenvalue weighted by atomic mass is 16.5. The van der Waals surface area contributed by atoms with E-state index in [4.69, 9.17) is 4.74 Å². The number of nitrogens with one attached hydrogen (secondary N) is 1. The third-order valence-corrected chi connectivity index (χ3v) is 5.31. The number of ether oxygens (including phenoxy) is 1. The summed E-state index contributed by atoms with van der Waals surface area (Å²) in [5, 5.41) is 2.64. The van der Waals surface area contributed by atoms with Gasteiger partial charge in [-0.3, -0.25) is 19.2 Å². The molecule has 1 fully saturated rings. The zero-order valence-electron chi connectivity index (χ0n) is 17.9. The molecule has 0 spiro atoms. The van der Waals surface area contributed by atoms with Crippen LogP contribution in [0.1, 0.15) is 43.1 Å². The molecule has 31 heavy (non-hydrogen) atoms. The summed E-state index contributed by atoms with van der Waals surface area (Å²) in [5.74, 6) is -1.99. The number of Topliss-reactive ketones (excluding diaryl/α,β-unsaturated/α-hetero) is 1. The van der Waals surface area contributed by atoms with Crippen LogP contribution in [-0.2, 0) is 25.5 Å². The maximum atomic E-state index is 12.6. The SMILES string of the molecule is CCc1ccc(N2C[C@@H](C(=O)O[C@H](C)C(=O)Nc3cccc(C(C)=O)c3)CC2=O)cc1. The van der Waals surface area contributed by atoms with Crippen LogP contribution in [0.2, 0.25) is 0 Å². The van der Waals surface area contributed by atoms with Gasteiger partial charge in [-0.25, -0.2) is 0 Å². The van der Waals surface area contributed by atoms with Crippen LogP contribution < -0.4 is 10.2 Å². The van der Waals surface area contributed by atoms with E-state index in [1.54, 1.807) is 29.2 Å². The van der Waals surface area contributed by atoms with Crippen molar-refractivity contribution in [2.45, 2.75) is 39.7 Å². The molecule has 1 saturated heterocycles. The van der Waals surface area contributed by atoms with Gasteiger partial charge in [0.2, 0.25) is 5.91 Å². The van der Waals surface area contributed by atoms with Crippen molar-refractivity contribution in [3.63, 3.8) is 0 Å². The molecule has 1 aliphatic rings. The number of carbonyl (C=O) groups is 4. The average Bonchev–Trinajstić information content (AvgIpc) is 3.15. The minimum Gasteiger partial charge on any atom is -0.452 e. The number of rotatable bonds is 7. The second kappa shape index (κ2) is 9.55. The lowest BCUT2D eigenvalue weighted by Crippen LogP contribution is -2.33. The van der Waals surface area contributed by atoms with Crippen LogP contribution in [0, 0.1) is 5.92 Å². The molecule has 1 N–H and O–H groups in total. The standard InChI is InChI=1S/C24H26N2O5/c1-4-17-8-10-21(11-9-17)26-14-19(13-22(26)28)24(30)31-16(3)23(29)25-20-7-5-6-18(12-20)15(2)27/h5-12,16,19H,4,13-14H2,1-3H3,(H,25,29)/t16-,19+/m1/s1. The minimum absolute atomic E-state index is 0.0450. The van der Waals surface area contributed by atoms with Gasteiger partial charge in [0.1, 0.15) is 0 Å². The zero-order valence-corrected chi connectivity index (χ0v) is 17.9. The summed E-state index contributed by atoms with van der Waals surface area (Å²) in [6, 6.07) is 14.2. The van der Waals surface area contributed by atoms with Gasteiger partial charge in [-0.2, -0.15) is 0 Å². The van der Waals surface area contributed by atoms with Crippen LogP contribution >= 0.6 is 0 Å². The second-order valence-corrected chi connectivity index (χ2v) is 7.63. The van der Waals surface area contributed by atoms with Crippen LogP contribution in [0.15, 0.2) is 48.5 Å². The van der Waals surface area contributed by atoms with Gasteiger partial charge in [0.25, 0.3) is 5.91 Å². The highest BCUT2D eigenvalue weighted by molar-refractivity contribution is 6.01. The first-order valence-corrected chi connectivity index (χ1v) is 10.3. The van der Waals surface area contributed by atoms with Gasteiger partial charge in [0, 0.05) is 29.9 Å². The third kappa shape index (κ3) is 5.36. The molecule has 7 nitrogen and oxygen atoms in total. The number of ketones is 1.